The number of nitrogens with one attached hydrogen (secondary N) is 1. The Morgan fingerprint density at radius 2 is 2.00 bits per heavy atom. The molecule has 1 aromatic carbocycles. The molecule has 1 aromatic heterocycles. The van der Waals surface area contributed by atoms with Crippen molar-refractivity contribution in [3.63, 3.8) is 0 Å². The second kappa shape index (κ2) is 4.65. The van der Waals surface area contributed by atoms with Gasteiger partial charge < -0.3 is 5.32 Å². The van der Waals surface area contributed by atoms with Crippen LogP contribution in [0, 0.1) is 0 Å². The summed E-state index contributed by atoms with van der Waals surface area (Å²) in [6, 6.07) is 11.0. The summed E-state index contributed by atoms with van der Waals surface area (Å²) in [6.07, 6.45) is 4.07. The largest absolute Gasteiger partial charge is 0.326 e. The van der Waals surface area contributed by atoms with E-state index in [9.17, 15) is 9.59 Å². The molecule has 1 aliphatic rings. The summed E-state index contributed by atoms with van der Waals surface area (Å²) in [5, 5.41) is 2.76. The number of nitrogens with zero attached hydrogens (tertiary/aromatic N) is 1. The molecule has 1 amide bonds. The number of pyridine rings is 1. The highest BCUT2D eigenvalue weighted by atomic mass is 16.1. The first kappa shape index (κ1) is 11.6. The van der Waals surface area contributed by atoms with Gasteiger partial charge in [-0.05, 0) is 23.8 Å². The van der Waals surface area contributed by atoms with Gasteiger partial charge in [-0.25, -0.2) is 0 Å². The van der Waals surface area contributed by atoms with Gasteiger partial charge in [0.1, 0.15) is 0 Å². The van der Waals surface area contributed by atoms with Gasteiger partial charge in [0, 0.05) is 23.4 Å². The molecule has 0 saturated heterocycles. The van der Waals surface area contributed by atoms with Crippen LogP contribution in [0.25, 0.3) is 0 Å². The average molecular weight is 253 g/mol. The van der Waals surface area contributed by atoms with Crippen LogP contribution in [-0.4, -0.2) is 11.7 Å². The Bertz CT molecular complexity index is 650. The zero-order valence-corrected chi connectivity index (χ0v) is 10.3. The molecule has 0 fully saturated rings. The van der Waals surface area contributed by atoms with Crippen LogP contribution in [0.3, 0.4) is 0 Å². The summed E-state index contributed by atoms with van der Waals surface area (Å²) in [6.45, 7) is 0.307. The lowest BCUT2D eigenvalue weighted by atomic mass is 10.1. The first-order valence-electron chi connectivity index (χ1n) is 6.12. The lowest BCUT2D eigenvalue weighted by Crippen LogP contribution is -2.36. The Labute approximate surface area is 110 Å². The molecular formula is C15H13N2O2+. The fourth-order valence-corrected chi connectivity index (χ4v) is 2.20. The van der Waals surface area contributed by atoms with Gasteiger partial charge in [-0.1, -0.05) is 6.07 Å². The van der Waals surface area contributed by atoms with Crippen LogP contribution in [0.2, 0.25) is 0 Å². The number of carbonyl (C=O) groups excluding carboxylic acids is 2. The van der Waals surface area contributed by atoms with Gasteiger partial charge in [0.05, 0.1) is 6.42 Å². The zero-order valence-electron chi connectivity index (χ0n) is 10.3. The maximum Gasteiger partial charge on any atom is 0.228 e. The molecule has 2 heterocycles. The lowest BCUT2D eigenvalue weighted by molar-refractivity contribution is -0.683. The van der Waals surface area contributed by atoms with Crippen molar-refractivity contribution < 1.29 is 14.2 Å². The fourth-order valence-electron chi connectivity index (χ4n) is 2.20. The van der Waals surface area contributed by atoms with E-state index in [4.69, 9.17) is 0 Å². The smallest absolute Gasteiger partial charge is 0.228 e. The Morgan fingerprint density at radius 3 is 2.79 bits per heavy atom. The highest BCUT2D eigenvalue weighted by Crippen LogP contribution is 2.23. The Hall–Kier alpha value is -2.49. The minimum absolute atomic E-state index is 0.0166. The van der Waals surface area contributed by atoms with E-state index in [1.807, 2.05) is 35.2 Å². The molecular weight excluding hydrogens is 240 g/mol. The van der Waals surface area contributed by atoms with E-state index in [1.54, 1.807) is 18.2 Å². The number of carbonyl (C=O) groups is 2. The number of aromatic nitrogens is 1. The highest BCUT2D eigenvalue weighted by molar-refractivity contribution is 6.01. The van der Waals surface area contributed by atoms with Gasteiger partial charge >= 0.3 is 0 Å². The van der Waals surface area contributed by atoms with Gasteiger partial charge in [0.25, 0.3) is 0 Å². The minimum atomic E-state index is -0.0166. The fraction of sp³-hybridized carbons (Fsp3) is 0.133. The van der Waals surface area contributed by atoms with Gasteiger partial charge in [-0.15, -0.1) is 0 Å². The van der Waals surface area contributed by atoms with Crippen molar-refractivity contribution in [2.75, 3.05) is 5.32 Å². The average Bonchev–Trinajstić information content (AvgIpc) is 2.78. The monoisotopic (exact) mass is 253 g/mol. The minimum Gasteiger partial charge on any atom is -0.326 e. The number of ketones is 1. The topological polar surface area (TPSA) is 50.1 Å². The summed E-state index contributed by atoms with van der Waals surface area (Å²) >= 11 is 0. The number of amides is 1. The summed E-state index contributed by atoms with van der Waals surface area (Å²) in [5.74, 6) is 0.0235. The molecule has 0 unspecified atom stereocenters. The van der Waals surface area contributed by atoms with E-state index in [0.717, 1.165) is 11.3 Å². The van der Waals surface area contributed by atoms with Crippen LogP contribution in [0.5, 0.6) is 0 Å². The molecule has 0 aliphatic carbocycles. The number of Topliss-reactive ketones (excluding diaryl/α,β-unsaturated/α-hetero) is 1. The van der Waals surface area contributed by atoms with Crippen LogP contribution in [0.1, 0.15) is 15.9 Å². The molecule has 0 spiro atoms. The van der Waals surface area contributed by atoms with Crippen LogP contribution in [-0.2, 0) is 17.8 Å². The van der Waals surface area contributed by atoms with Crippen molar-refractivity contribution in [1.29, 1.82) is 0 Å². The number of anilines is 1. The van der Waals surface area contributed by atoms with E-state index in [1.165, 1.54) is 0 Å². The predicted molar refractivity (Wildman–Crippen MR) is 69.7 cm³/mol. The molecule has 0 bridgehead atoms. The van der Waals surface area contributed by atoms with Crippen molar-refractivity contribution in [2.24, 2.45) is 0 Å². The molecule has 4 nitrogen and oxygen atoms in total. The van der Waals surface area contributed by atoms with Crippen LogP contribution in [0.15, 0.2) is 48.8 Å². The third-order valence-electron chi connectivity index (χ3n) is 3.16. The molecule has 3 rings (SSSR count). The molecule has 94 valence electrons. The van der Waals surface area contributed by atoms with E-state index in [0.29, 0.717) is 18.5 Å². The summed E-state index contributed by atoms with van der Waals surface area (Å²) in [4.78, 5) is 23.4. The van der Waals surface area contributed by atoms with E-state index in [2.05, 4.69) is 5.32 Å². The van der Waals surface area contributed by atoms with Gasteiger partial charge in [0.2, 0.25) is 18.2 Å². The van der Waals surface area contributed by atoms with Crippen molar-refractivity contribution >= 4 is 17.4 Å². The molecule has 4 heteroatoms. The molecule has 19 heavy (non-hydrogen) atoms. The SMILES string of the molecule is O=C1Cc2cc(C(=O)C[n+]3ccccc3)ccc2N1. The normalized spacial score (nSPS) is 12.9. The van der Waals surface area contributed by atoms with Crippen molar-refractivity contribution in [1.82, 2.24) is 0 Å². The Morgan fingerprint density at radius 1 is 1.21 bits per heavy atom. The quantitative estimate of drug-likeness (QED) is 0.663. The summed E-state index contributed by atoms with van der Waals surface area (Å²) in [7, 11) is 0. The molecule has 1 N–H and O–H groups in total. The molecule has 2 aromatic rings. The summed E-state index contributed by atoms with van der Waals surface area (Å²) in [5.41, 5.74) is 2.36. The Balaban J connectivity index is 1.82. The second-order valence-corrected chi connectivity index (χ2v) is 4.57. The third-order valence-corrected chi connectivity index (χ3v) is 3.16. The first-order chi connectivity index (χ1) is 9.22. The number of benzene rings is 1. The molecule has 0 saturated carbocycles. The van der Waals surface area contributed by atoms with Crippen molar-refractivity contribution in [3.8, 4) is 0 Å². The number of hydrogen-bond donors (Lipinski definition) is 1. The van der Waals surface area contributed by atoms with E-state index >= 15 is 0 Å². The predicted octanol–water partition coefficient (Wildman–Crippen LogP) is 1.35. The standard InChI is InChI=1S/C15H12N2O2/c18-14(10-17-6-2-1-3-7-17)11-4-5-13-12(8-11)9-15(19)16-13/h1-8H,9-10H2/p+1. The summed E-state index contributed by atoms with van der Waals surface area (Å²) < 4.78 is 1.83. The third kappa shape index (κ3) is 2.38. The first-order valence-corrected chi connectivity index (χ1v) is 6.12. The van der Waals surface area contributed by atoms with E-state index in [-0.39, 0.29) is 11.7 Å². The second-order valence-electron chi connectivity index (χ2n) is 4.57. The number of hydrogen-bond acceptors (Lipinski definition) is 2. The highest BCUT2D eigenvalue weighted by Gasteiger charge is 2.20. The molecule has 0 atom stereocenters. The number of fused-ring (bicyclic) bond motifs is 1. The Kier molecular flexibility index (Phi) is 2.83. The van der Waals surface area contributed by atoms with Gasteiger partial charge in [-0.3, -0.25) is 9.59 Å². The van der Waals surface area contributed by atoms with Gasteiger partial charge in [0.15, 0.2) is 12.4 Å². The lowest BCUT2D eigenvalue weighted by Gasteiger charge is -2.02. The maximum atomic E-state index is 12.2. The number of rotatable bonds is 3. The van der Waals surface area contributed by atoms with Gasteiger partial charge in [-0.2, -0.15) is 4.57 Å². The van der Waals surface area contributed by atoms with E-state index < -0.39 is 0 Å². The molecule has 1 aliphatic heterocycles. The van der Waals surface area contributed by atoms with Crippen LogP contribution in [0.4, 0.5) is 5.69 Å². The van der Waals surface area contributed by atoms with Crippen molar-refractivity contribution in [2.45, 2.75) is 13.0 Å². The van der Waals surface area contributed by atoms with Crippen LogP contribution < -0.4 is 9.88 Å². The van der Waals surface area contributed by atoms with Crippen molar-refractivity contribution in [3.05, 3.63) is 59.9 Å². The zero-order chi connectivity index (χ0) is 13.2. The molecule has 0 radical (unpaired) electrons. The van der Waals surface area contributed by atoms with Crippen LogP contribution >= 0.6 is 0 Å². The maximum absolute atomic E-state index is 12.2.